The molecule has 9 heteroatoms. The van der Waals surface area contributed by atoms with Crippen molar-refractivity contribution < 1.29 is 23.1 Å². The summed E-state index contributed by atoms with van der Waals surface area (Å²) in [5.74, 6) is 0. The van der Waals surface area contributed by atoms with E-state index >= 15 is 0 Å². The Morgan fingerprint density at radius 1 is 1.09 bits per heavy atom. The molecule has 1 amide bonds. The average molecular weight is 543 g/mol. The number of rotatable bonds is 7. The van der Waals surface area contributed by atoms with Gasteiger partial charge in [0, 0.05) is 21.6 Å². The number of aliphatic hydroxyl groups is 1. The largest absolute Gasteiger partial charge is 0.445 e. The molecule has 34 heavy (non-hydrogen) atoms. The Morgan fingerprint density at radius 3 is 2.50 bits per heavy atom. The Morgan fingerprint density at radius 2 is 1.79 bits per heavy atom. The maximum atomic E-state index is 13.4. The van der Waals surface area contributed by atoms with E-state index in [1.807, 2.05) is 37.3 Å². The van der Waals surface area contributed by atoms with Gasteiger partial charge in [0.15, 0.2) is 0 Å². The van der Waals surface area contributed by atoms with Gasteiger partial charge in [-0.2, -0.15) is 0 Å². The lowest BCUT2D eigenvalue weighted by molar-refractivity contribution is 0.126. The highest BCUT2D eigenvalue weighted by atomic mass is 79.9. The quantitative estimate of drug-likeness (QED) is 0.345. The molecule has 0 radical (unpaired) electrons. The van der Waals surface area contributed by atoms with Gasteiger partial charge in [-0.25, -0.2) is 17.2 Å². The molecule has 0 spiro atoms. The zero-order valence-electron chi connectivity index (χ0n) is 18.3. The summed E-state index contributed by atoms with van der Waals surface area (Å²) in [6.45, 7) is 1.84. The van der Waals surface area contributed by atoms with Crippen molar-refractivity contribution in [2.45, 2.75) is 24.5 Å². The van der Waals surface area contributed by atoms with E-state index in [0.717, 1.165) is 15.1 Å². The smallest absolute Gasteiger partial charge is 0.407 e. The molecule has 2 N–H and O–H groups in total. The van der Waals surface area contributed by atoms with Gasteiger partial charge in [-0.1, -0.05) is 70.0 Å². The van der Waals surface area contributed by atoms with Crippen molar-refractivity contribution in [1.29, 1.82) is 0 Å². The molecule has 4 rings (SSSR count). The lowest BCUT2D eigenvalue weighted by Gasteiger charge is -2.12. The molecule has 176 valence electrons. The van der Waals surface area contributed by atoms with E-state index in [-0.39, 0.29) is 18.0 Å². The van der Waals surface area contributed by atoms with Crippen LogP contribution in [0, 0.1) is 6.92 Å². The number of nitrogens with one attached hydrogen (secondary N) is 1. The molecule has 3 aromatic carbocycles. The van der Waals surface area contributed by atoms with E-state index in [1.54, 1.807) is 42.5 Å². The van der Waals surface area contributed by atoms with Crippen molar-refractivity contribution in [3.63, 3.8) is 0 Å². The fourth-order valence-corrected chi connectivity index (χ4v) is 5.27. The third-order valence-corrected chi connectivity index (χ3v) is 7.53. The Labute approximate surface area is 206 Å². The summed E-state index contributed by atoms with van der Waals surface area (Å²) in [4.78, 5) is 12.2. The molecular weight excluding hydrogens is 520 g/mol. The number of carbonyl (C=O) groups excluding carboxylic acids is 1. The van der Waals surface area contributed by atoms with Crippen LogP contribution in [-0.2, 0) is 21.4 Å². The van der Waals surface area contributed by atoms with Crippen LogP contribution in [-0.4, -0.2) is 30.1 Å². The third-order valence-electron chi connectivity index (χ3n) is 5.35. The van der Waals surface area contributed by atoms with Gasteiger partial charge in [-0.05, 0) is 36.8 Å². The van der Waals surface area contributed by atoms with Crippen molar-refractivity contribution in [2.24, 2.45) is 0 Å². The van der Waals surface area contributed by atoms with E-state index in [9.17, 15) is 18.3 Å². The lowest BCUT2D eigenvalue weighted by atomic mass is 10.1. The first kappa shape index (κ1) is 24.0. The number of alkyl carbamates (subject to hydrolysis) is 1. The monoisotopic (exact) mass is 542 g/mol. The van der Waals surface area contributed by atoms with E-state index in [2.05, 4.69) is 21.2 Å². The highest BCUT2D eigenvalue weighted by Gasteiger charge is 2.24. The van der Waals surface area contributed by atoms with E-state index in [1.165, 1.54) is 6.20 Å². The van der Waals surface area contributed by atoms with Crippen molar-refractivity contribution in [2.75, 3.05) is 6.54 Å². The molecule has 0 fully saturated rings. The molecule has 0 aliphatic rings. The average Bonchev–Trinajstić information content (AvgIpc) is 3.21. The van der Waals surface area contributed by atoms with Gasteiger partial charge < -0.3 is 15.2 Å². The predicted molar refractivity (Wildman–Crippen MR) is 133 cm³/mol. The summed E-state index contributed by atoms with van der Waals surface area (Å²) in [6, 6.07) is 21.0. The topological polar surface area (TPSA) is 97.6 Å². The number of aromatic nitrogens is 1. The number of benzene rings is 3. The van der Waals surface area contributed by atoms with Crippen LogP contribution in [0.1, 0.15) is 22.8 Å². The van der Waals surface area contributed by atoms with Crippen molar-refractivity contribution >= 4 is 42.9 Å². The molecule has 0 aliphatic carbocycles. The molecule has 4 aromatic rings. The number of hydrogen-bond donors (Lipinski definition) is 2. The number of halogens is 1. The first-order valence-electron chi connectivity index (χ1n) is 10.5. The summed E-state index contributed by atoms with van der Waals surface area (Å²) < 4.78 is 33.8. The third kappa shape index (κ3) is 5.16. The van der Waals surface area contributed by atoms with Crippen molar-refractivity contribution in [3.8, 4) is 0 Å². The normalized spacial score (nSPS) is 12.4. The Balaban J connectivity index is 1.57. The number of aryl methyl sites for hydroxylation is 1. The number of ether oxygens (including phenoxy) is 1. The highest BCUT2D eigenvalue weighted by Crippen LogP contribution is 2.31. The molecule has 0 unspecified atom stereocenters. The van der Waals surface area contributed by atoms with Crippen molar-refractivity contribution in [1.82, 2.24) is 9.29 Å². The molecule has 1 atom stereocenters. The van der Waals surface area contributed by atoms with Gasteiger partial charge in [-0.15, -0.1) is 0 Å². The number of nitrogens with zero attached hydrogens (tertiary/aromatic N) is 1. The fraction of sp³-hybridized carbons (Fsp3) is 0.160. The van der Waals surface area contributed by atoms with Crippen LogP contribution in [0.25, 0.3) is 10.9 Å². The van der Waals surface area contributed by atoms with Crippen LogP contribution >= 0.6 is 15.9 Å². The van der Waals surface area contributed by atoms with Gasteiger partial charge in [0.25, 0.3) is 10.0 Å². The lowest BCUT2D eigenvalue weighted by Crippen LogP contribution is -2.28. The molecule has 0 bridgehead atoms. The maximum absolute atomic E-state index is 13.4. The second-order valence-electron chi connectivity index (χ2n) is 7.82. The second kappa shape index (κ2) is 10.0. The maximum Gasteiger partial charge on any atom is 0.407 e. The summed E-state index contributed by atoms with van der Waals surface area (Å²) in [5.41, 5.74) is 2.57. The summed E-state index contributed by atoms with van der Waals surface area (Å²) in [7, 11) is -3.91. The number of aliphatic hydroxyl groups excluding tert-OH is 1. The Hall–Kier alpha value is -3.14. The molecule has 7 nitrogen and oxygen atoms in total. The predicted octanol–water partition coefficient (Wildman–Crippen LogP) is 4.91. The molecule has 0 saturated heterocycles. The van der Waals surface area contributed by atoms with Crippen LogP contribution in [0.4, 0.5) is 4.79 Å². The van der Waals surface area contributed by atoms with E-state index in [0.29, 0.717) is 20.9 Å². The van der Waals surface area contributed by atoms with Crippen molar-refractivity contribution in [3.05, 3.63) is 100 Å². The van der Waals surface area contributed by atoms with Crippen LogP contribution in [0.5, 0.6) is 0 Å². The zero-order chi connectivity index (χ0) is 24.3. The van der Waals surface area contributed by atoms with E-state index in [4.69, 9.17) is 4.74 Å². The van der Waals surface area contributed by atoms with Gasteiger partial charge in [0.1, 0.15) is 6.61 Å². The summed E-state index contributed by atoms with van der Waals surface area (Å²) in [5, 5.41) is 13.9. The zero-order valence-corrected chi connectivity index (χ0v) is 20.7. The number of hydrogen-bond acceptors (Lipinski definition) is 5. The van der Waals surface area contributed by atoms with Crippen LogP contribution < -0.4 is 5.32 Å². The van der Waals surface area contributed by atoms with Crippen LogP contribution in [0.2, 0.25) is 0 Å². The number of carbonyl (C=O) groups is 1. The summed E-state index contributed by atoms with van der Waals surface area (Å²) in [6.07, 6.45) is -0.433. The first-order chi connectivity index (χ1) is 16.3. The molecule has 0 aliphatic heterocycles. The minimum Gasteiger partial charge on any atom is -0.445 e. The molecule has 0 saturated carbocycles. The summed E-state index contributed by atoms with van der Waals surface area (Å²) >= 11 is 3.39. The number of fused-ring (bicyclic) bond motifs is 1. The first-order valence-corrected chi connectivity index (χ1v) is 12.7. The molecule has 1 heterocycles. The van der Waals surface area contributed by atoms with Gasteiger partial charge >= 0.3 is 6.09 Å². The SMILES string of the molecule is Cc1ccc(S(=O)(=O)n2cc([C@H](O)CNC(=O)OCc3ccccc3)c3ccc(Br)cc32)cc1. The minimum absolute atomic E-state index is 0.102. The molecular formula is C25H23BrN2O5S. The van der Waals surface area contributed by atoms with Gasteiger partial charge in [0.2, 0.25) is 0 Å². The fourth-order valence-electron chi connectivity index (χ4n) is 3.55. The minimum atomic E-state index is -3.91. The van der Waals surface area contributed by atoms with Crippen LogP contribution in [0.15, 0.2) is 88.4 Å². The number of amides is 1. The Bertz CT molecular complexity index is 1420. The van der Waals surface area contributed by atoms with Gasteiger partial charge in [0.05, 0.1) is 23.1 Å². The van der Waals surface area contributed by atoms with E-state index < -0.39 is 22.2 Å². The van der Waals surface area contributed by atoms with Crippen LogP contribution in [0.3, 0.4) is 0 Å². The second-order valence-corrected chi connectivity index (χ2v) is 10.5. The highest BCUT2D eigenvalue weighted by molar-refractivity contribution is 9.10. The Kier molecular flexibility index (Phi) is 7.06. The standard InChI is InChI=1S/C25H23BrN2O5S/c1-17-7-10-20(11-8-17)34(31,32)28-15-22(21-12-9-19(26)13-23(21)28)24(29)14-27-25(30)33-16-18-5-3-2-4-6-18/h2-13,15,24,29H,14,16H2,1H3,(H,27,30)/t24-/m1/s1. The molecule has 1 aromatic heterocycles. The van der Waals surface area contributed by atoms with Gasteiger partial charge in [-0.3, -0.25) is 0 Å².